The SMILES string of the molecule is CCO[Si](CCCN(CCC(=O)O[Si](C(C)C)(C(C)C)C(C)C)c1ccccc1)(OCC)OCC. The van der Waals surface area contributed by atoms with Crippen molar-refractivity contribution in [3.63, 3.8) is 0 Å². The third-order valence-electron chi connectivity index (χ3n) is 6.71. The third kappa shape index (κ3) is 9.32. The van der Waals surface area contributed by atoms with Gasteiger partial charge in [-0.1, -0.05) is 59.7 Å². The first kappa shape index (κ1) is 31.8. The van der Waals surface area contributed by atoms with Gasteiger partial charge in [-0.2, -0.15) is 0 Å². The molecule has 0 saturated carbocycles. The molecule has 6 nitrogen and oxygen atoms in total. The molecule has 1 aromatic rings. The summed E-state index contributed by atoms with van der Waals surface area (Å²) in [7, 11) is -4.92. The van der Waals surface area contributed by atoms with E-state index < -0.39 is 17.1 Å². The molecule has 0 heterocycles. The van der Waals surface area contributed by atoms with E-state index in [1.807, 2.05) is 39.0 Å². The predicted octanol–water partition coefficient (Wildman–Crippen LogP) is 7.04. The molecule has 35 heavy (non-hydrogen) atoms. The smallest absolute Gasteiger partial charge is 0.500 e. The zero-order chi connectivity index (χ0) is 26.5. The van der Waals surface area contributed by atoms with Gasteiger partial charge in [-0.15, -0.1) is 0 Å². The molecular weight excluding hydrogens is 474 g/mol. The molecule has 0 atom stereocenters. The van der Waals surface area contributed by atoms with Gasteiger partial charge >= 0.3 is 8.80 Å². The molecule has 0 bridgehead atoms. The average molecular weight is 526 g/mol. The van der Waals surface area contributed by atoms with Gasteiger partial charge in [0.1, 0.15) is 0 Å². The fourth-order valence-corrected chi connectivity index (χ4v) is 13.1. The van der Waals surface area contributed by atoms with Crippen LogP contribution in [0.3, 0.4) is 0 Å². The molecule has 1 aromatic carbocycles. The number of hydrogen-bond donors (Lipinski definition) is 0. The van der Waals surface area contributed by atoms with Gasteiger partial charge in [-0.3, -0.25) is 4.79 Å². The van der Waals surface area contributed by atoms with Crippen molar-refractivity contribution in [1.82, 2.24) is 0 Å². The highest BCUT2D eigenvalue weighted by Gasteiger charge is 2.48. The highest BCUT2D eigenvalue weighted by atomic mass is 28.4. The zero-order valence-electron chi connectivity index (χ0n) is 23.8. The van der Waals surface area contributed by atoms with Crippen LogP contribution in [0.5, 0.6) is 0 Å². The van der Waals surface area contributed by atoms with Crippen LogP contribution in [0.4, 0.5) is 5.69 Å². The molecule has 202 valence electrons. The Kier molecular flexibility index (Phi) is 14.4. The van der Waals surface area contributed by atoms with Gasteiger partial charge in [-0.05, 0) is 55.9 Å². The normalized spacial score (nSPS) is 12.6. The van der Waals surface area contributed by atoms with Crippen molar-refractivity contribution in [1.29, 1.82) is 0 Å². The van der Waals surface area contributed by atoms with Crippen molar-refractivity contribution in [2.75, 3.05) is 37.8 Å². The summed E-state index contributed by atoms with van der Waals surface area (Å²) in [5, 5.41) is 0. The van der Waals surface area contributed by atoms with Crippen LogP contribution in [0, 0.1) is 0 Å². The largest absolute Gasteiger partial charge is 0.518 e. The van der Waals surface area contributed by atoms with Crippen LogP contribution in [0.25, 0.3) is 0 Å². The van der Waals surface area contributed by atoms with Crippen LogP contribution in [0.15, 0.2) is 30.3 Å². The van der Waals surface area contributed by atoms with Crippen LogP contribution in [0.1, 0.15) is 75.2 Å². The lowest BCUT2D eigenvalue weighted by atomic mass is 10.2. The van der Waals surface area contributed by atoms with Gasteiger partial charge in [0.2, 0.25) is 0 Å². The van der Waals surface area contributed by atoms with Crippen LogP contribution in [0.2, 0.25) is 22.7 Å². The molecule has 0 N–H and O–H groups in total. The second-order valence-corrected chi connectivity index (χ2v) is 18.1. The minimum absolute atomic E-state index is 0.0737. The average Bonchev–Trinajstić information content (AvgIpc) is 2.80. The van der Waals surface area contributed by atoms with E-state index in [0.717, 1.165) is 24.7 Å². The van der Waals surface area contributed by atoms with Crippen LogP contribution >= 0.6 is 0 Å². The van der Waals surface area contributed by atoms with E-state index in [9.17, 15) is 4.79 Å². The summed E-state index contributed by atoms with van der Waals surface area (Å²) in [6.45, 7) is 22.3. The third-order valence-corrected chi connectivity index (χ3v) is 15.9. The Morgan fingerprint density at radius 3 is 1.71 bits per heavy atom. The Balaban J connectivity index is 2.93. The molecule has 8 heteroatoms. The molecule has 0 unspecified atom stereocenters. The lowest BCUT2D eigenvalue weighted by Crippen LogP contribution is -2.49. The molecule has 0 aromatic heterocycles. The van der Waals surface area contributed by atoms with Gasteiger partial charge in [0.15, 0.2) is 0 Å². The molecule has 0 amide bonds. The van der Waals surface area contributed by atoms with Gasteiger partial charge in [0.05, 0.1) is 6.42 Å². The minimum Gasteiger partial charge on any atom is -0.518 e. The maximum Gasteiger partial charge on any atom is 0.500 e. The second-order valence-electron chi connectivity index (χ2n) is 9.95. The van der Waals surface area contributed by atoms with E-state index in [4.69, 9.17) is 17.7 Å². The maximum absolute atomic E-state index is 13.1. The number of rotatable bonds is 18. The number of benzene rings is 1. The quantitative estimate of drug-likeness (QED) is 0.192. The molecule has 0 fully saturated rings. The van der Waals surface area contributed by atoms with Crippen molar-refractivity contribution < 1.29 is 22.5 Å². The summed E-state index contributed by atoms with van der Waals surface area (Å²) in [5.41, 5.74) is 2.25. The van der Waals surface area contributed by atoms with Crippen LogP contribution < -0.4 is 4.90 Å². The van der Waals surface area contributed by atoms with Crippen LogP contribution in [-0.4, -0.2) is 56.0 Å². The van der Waals surface area contributed by atoms with E-state index in [2.05, 4.69) is 58.6 Å². The summed E-state index contributed by atoms with van der Waals surface area (Å²) in [4.78, 5) is 15.4. The summed E-state index contributed by atoms with van der Waals surface area (Å²) in [6, 6.07) is 11.0. The Morgan fingerprint density at radius 2 is 1.29 bits per heavy atom. The lowest BCUT2D eigenvalue weighted by molar-refractivity contribution is -0.135. The minimum atomic E-state index is -2.69. The fourth-order valence-electron chi connectivity index (χ4n) is 5.32. The molecule has 0 radical (unpaired) electrons. The summed E-state index contributed by atoms with van der Waals surface area (Å²) < 4.78 is 24.5. The molecule has 0 aliphatic heterocycles. The molecule has 0 aliphatic rings. The Hall–Kier alpha value is -1.20. The van der Waals surface area contributed by atoms with Gasteiger partial charge in [0.25, 0.3) is 14.3 Å². The first-order valence-electron chi connectivity index (χ1n) is 13.5. The predicted molar refractivity (Wildman–Crippen MR) is 150 cm³/mol. The van der Waals surface area contributed by atoms with E-state index in [0.29, 0.717) is 49.4 Å². The van der Waals surface area contributed by atoms with E-state index >= 15 is 0 Å². The van der Waals surface area contributed by atoms with Gasteiger partial charge in [-0.25, -0.2) is 0 Å². The van der Waals surface area contributed by atoms with E-state index in [-0.39, 0.29) is 5.97 Å². The van der Waals surface area contributed by atoms with Crippen LogP contribution in [-0.2, 0) is 22.5 Å². The van der Waals surface area contributed by atoms with E-state index in [1.165, 1.54) is 0 Å². The fraction of sp³-hybridized carbons (Fsp3) is 0.741. The van der Waals surface area contributed by atoms with Crippen molar-refractivity contribution in [3.8, 4) is 0 Å². The summed E-state index contributed by atoms with van der Waals surface area (Å²) in [6.07, 6.45) is 1.24. The van der Waals surface area contributed by atoms with Gasteiger partial charge in [0, 0.05) is 44.6 Å². The number of nitrogens with zero attached hydrogens (tertiary/aromatic N) is 1. The summed E-state index contributed by atoms with van der Waals surface area (Å²) in [5.74, 6) is -0.0737. The van der Waals surface area contributed by atoms with E-state index in [1.54, 1.807) is 0 Å². The highest BCUT2D eigenvalue weighted by molar-refractivity contribution is 6.78. The number of hydrogen-bond acceptors (Lipinski definition) is 6. The van der Waals surface area contributed by atoms with Crippen molar-refractivity contribution in [3.05, 3.63) is 30.3 Å². The number of carbonyl (C=O) groups excluding carboxylic acids is 1. The highest BCUT2D eigenvalue weighted by Crippen LogP contribution is 2.42. The number of para-hydroxylation sites is 1. The van der Waals surface area contributed by atoms with Crippen molar-refractivity contribution in [2.45, 2.75) is 97.8 Å². The molecule has 0 aliphatic carbocycles. The van der Waals surface area contributed by atoms with Crippen molar-refractivity contribution >= 4 is 28.8 Å². The maximum atomic E-state index is 13.1. The number of carbonyl (C=O) groups is 1. The first-order chi connectivity index (χ1) is 16.6. The second kappa shape index (κ2) is 15.8. The zero-order valence-corrected chi connectivity index (χ0v) is 25.8. The Labute approximate surface area is 217 Å². The van der Waals surface area contributed by atoms with Gasteiger partial charge < -0.3 is 22.6 Å². The topological polar surface area (TPSA) is 57.2 Å². The number of anilines is 1. The molecular formula is C27H51NO5Si2. The molecule has 1 rings (SSSR count). The summed E-state index contributed by atoms with van der Waals surface area (Å²) >= 11 is 0. The molecule has 0 saturated heterocycles. The van der Waals surface area contributed by atoms with Crippen molar-refractivity contribution in [2.24, 2.45) is 0 Å². The standard InChI is InChI=1S/C27H51NO5Si2/c1-10-30-34(31-11-2,32-12-3)22-16-20-28(26-17-14-13-15-18-26)21-19-27(29)33-35(23(4)5,24(6)7)25(8)9/h13-15,17-18,23-25H,10-12,16,19-22H2,1-9H3. The lowest BCUT2D eigenvalue weighted by Gasteiger charge is -2.41. The molecule has 0 spiro atoms. The Bertz CT molecular complexity index is 676. The Morgan fingerprint density at radius 1 is 0.800 bits per heavy atom. The monoisotopic (exact) mass is 525 g/mol. The first-order valence-corrected chi connectivity index (χ1v) is 17.6.